The van der Waals surface area contributed by atoms with Gasteiger partial charge in [0.1, 0.15) is 5.82 Å². The lowest BCUT2D eigenvalue weighted by Gasteiger charge is -2.27. The minimum absolute atomic E-state index is 0.0889. The number of thioether (sulfide) groups is 1. The van der Waals surface area contributed by atoms with Crippen LogP contribution in [0.15, 0.2) is 11.0 Å². The van der Waals surface area contributed by atoms with Gasteiger partial charge in [-0.25, -0.2) is 9.78 Å². The summed E-state index contributed by atoms with van der Waals surface area (Å²) in [6.07, 6.45) is 0. The molecule has 0 aliphatic carbocycles. The van der Waals surface area contributed by atoms with Gasteiger partial charge in [-0.05, 0) is 51.1 Å². The number of rotatable bonds is 5. The van der Waals surface area contributed by atoms with Crippen molar-refractivity contribution in [3.63, 3.8) is 0 Å². The fourth-order valence-electron chi connectivity index (χ4n) is 2.09. The fraction of sp³-hybridized carbons (Fsp3) is 0.533. The number of esters is 1. The third-order valence-electron chi connectivity index (χ3n) is 3.03. The van der Waals surface area contributed by atoms with Crippen molar-refractivity contribution >= 4 is 28.7 Å². The van der Waals surface area contributed by atoms with Gasteiger partial charge in [-0.15, -0.1) is 0 Å². The Morgan fingerprint density at radius 3 is 2.48 bits per heavy atom. The van der Waals surface area contributed by atoms with E-state index in [4.69, 9.17) is 4.74 Å². The van der Waals surface area contributed by atoms with E-state index in [1.807, 2.05) is 19.9 Å². The maximum atomic E-state index is 12.0. The standard InChI is InChI=1S/C15H22N2O3S/c1-7-17(9(2)3)12-8-10(4)14(21-11(5)18)13(16-12)15(19)20-6/h8-9H,7H2,1-6H3. The van der Waals surface area contributed by atoms with Crippen LogP contribution in [0.25, 0.3) is 0 Å². The number of anilines is 1. The Bertz CT molecular complexity index is 544. The average Bonchev–Trinajstić information content (AvgIpc) is 2.40. The Morgan fingerprint density at radius 1 is 1.43 bits per heavy atom. The molecule has 0 aliphatic rings. The first-order chi connectivity index (χ1) is 9.81. The number of aryl methyl sites for hydroxylation is 1. The second-order valence-electron chi connectivity index (χ2n) is 4.94. The van der Waals surface area contributed by atoms with Crippen molar-refractivity contribution in [1.29, 1.82) is 0 Å². The summed E-state index contributed by atoms with van der Waals surface area (Å²) in [6, 6.07) is 2.17. The van der Waals surface area contributed by atoms with Crippen LogP contribution in [-0.2, 0) is 9.53 Å². The molecule has 21 heavy (non-hydrogen) atoms. The molecule has 0 atom stereocenters. The zero-order valence-electron chi connectivity index (χ0n) is 13.4. The summed E-state index contributed by atoms with van der Waals surface area (Å²) in [5.74, 6) is 0.196. The number of carbonyl (C=O) groups excluding carboxylic acids is 2. The summed E-state index contributed by atoms with van der Waals surface area (Å²) >= 11 is 1.01. The van der Waals surface area contributed by atoms with E-state index in [0.717, 1.165) is 29.7 Å². The third-order valence-corrected chi connectivity index (χ3v) is 4.03. The van der Waals surface area contributed by atoms with Crippen LogP contribution in [0.4, 0.5) is 5.82 Å². The fourth-order valence-corrected chi connectivity index (χ4v) is 2.82. The van der Waals surface area contributed by atoms with Gasteiger partial charge in [0.2, 0.25) is 0 Å². The summed E-state index contributed by atoms with van der Waals surface area (Å²) in [5.41, 5.74) is 1.05. The minimum Gasteiger partial charge on any atom is -0.464 e. The van der Waals surface area contributed by atoms with Crippen LogP contribution in [0.1, 0.15) is 43.7 Å². The number of hydrogen-bond acceptors (Lipinski definition) is 6. The molecule has 0 amide bonds. The molecule has 0 aromatic carbocycles. The van der Waals surface area contributed by atoms with Crippen LogP contribution >= 0.6 is 11.8 Å². The molecule has 1 aromatic rings. The molecule has 116 valence electrons. The SMILES string of the molecule is CCN(c1cc(C)c(SC(C)=O)c(C(=O)OC)n1)C(C)C. The molecule has 0 radical (unpaired) electrons. The van der Waals surface area contributed by atoms with E-state index in [0.29, 0.717) is 4.90 Å². The monoisotopic (exact) mass is 310 g/mol. The van der Waals surface area contributed by atoms with E-state index in [9.17, 15) is 9.59 Å². The summed E-state index contributed by atoms with van der Waals surface area (Å²) < 4.78 is 4.80. The van der Waals surface area contributed by atoms with Crippen LogP contribution in [-0.4, -0.2) is 35.8 Å². The Kier molecular flexibility index (Phi) is 6.20. The first kappa shape index (κ1) is 17.5. The molecule has 0 N–H and O–H groups in total. The molecule has 0 bridgehead atoms. The quantitative estimate of drug-likeness (QED) is 0.615. The van der Waals surface area contributed by atoms with Crippen molar-refractivity contribution in [2.24, 2.45) is 0 Å². The largest absolute Gasteiger partial charge is 0.464 e. The first-order valence-corrected chi connectivity index (χ1v) is 7.68. The molecule has 0 saturated carbocycles. The molecule has 1 heterocycles. The molecular formula is C15H22N2O3S. The van der Waals surface area contributed by atoms with E-state index in [-0.39, 0.29) is 16.9 Å². The highest BCUT2D eigenvalue weighted by Crippen LogP contribution is 2.30. The number of hydrogen-bond donors (Lipinski definition) is 0. The molecule has 1 rings (SSSR count). The molecule has 0 aliphatic heterocycles. The van der Waals surface area contributed by atoms with Gasteiger partial charge < -0.3 is 9.64 Å². The van der Waals surface area contributed by atoms with Crippen LogP contribution < -0.4 is 4.90 Å². The zero-order chi connectivity index (χ0) is 16.2. The van der Waals surface area contributed by atoms with Crippen molar-refractivity contribution in [2.75, 3.05) is 18.6 Å². The molecule has 6 heteroatoms. The van der Waals surface area contributed by atoms with E-state index < -0.39 is 5.97 Å². The molecular weight excluding hydrogens is 288 g/mol. The van der Waals surface area contributed by atoms with E-state index in [1.165, 1.54) is 14.0 Å². The topological polar surface area (TPSA) is 59.5 Å². The smallest absolute Gasteiger partial charge is 0.357 e. The minimum atomic E-state index is -0.525. The Morgan fingerprint density at radius 2 is 2.05 bits per heavy atom. The van der Waals surface area contributed by atoms with Gasteiger partial charge in [0.25, 0.3) is 0 Å². The van der Waals surface area contributed by atoms with Crippen LogP contribution in [0.2, 0.25) is 0 Å². The summed E-state index contributed by atoms with van der Waals surface area (Å²) in [4.78, 5) is 30.4. The Hall–Kier alpha value is -1.56. The maximum Gasteiger partial charge on any atom is 0.357 e. The number of methoxy groups -OCH3 is 1. The predicted octanol–water partition coefficient (Wildman–Crippen LogP) is 3.05. The molecule has 0 saturated heterocycles. The Balaban J connectivity index is 3.43. The van der Waals surface area contributed by atoms with Gasteiger partial charge in [-0.1, -0.05) is 0 Å². The number of nitrogens with zero attached hydrogens (tertiary/aromatic N) is 2. The first-order valence-electron chi connectivity index (χ1n) is 6.86. The van der Waals surface area contributed by atoms with Crippen molar-refractivity contribution in [2.45, 2.75) is 45.6 Å². The molecule has 0 unspecified atom stereocenters. The number of carbonyl (C=O) groups is 2. The van der Waals surface area contributed by atoms with Crippen LogP contribution in [0.3, 0.4) is 0 Å². The lowest BCUT2D eigenvalue weighted by atomic mass is 10.2. The van der Waals surface area contributed by atoms with Gasteiger partial charge in [0.05, 0.1) is 12.0 Å². The maximum absolute atomic E-state index is 12.0. The third kappa shape index (κ3) is 4.20. The average molecular weight is 310 g/mol. The van der Waals surface area contributed by atoms with E-state index >= 15 is 0 Å². The second-order valence-corrected chi connectivity index (χ2v) is 6.13. The van der Waals surface area contributed by atoms with Gasteiger partial charge >= 0.3 is 5.97 Å². The molecule has 1 aromatic heterocycles. The van der Waals surface area contributed by atoms with Gasteiger partial charge in [0, 0.05) is 19.5 Å². The van der Waals surface area contributed by atoms with Crippen molar-refractivity contribution in [3.05, 3.63) is 17.3 Å². The van der Waals surface area contributed by atoms with E-state index in [2.05, 4.69) is 23.7 Å². The zero-order valence-corrected chi connectivity index (χ0v) is 14.2. The second kappa shape index (κ2) is 7.45. The van der Waals surface area contributed by atoms with Crippen LogP contribution in [0, 0.1) is 6.92 Å². The lowest BCUT2D eigenvalue weighted by molar-refractivity contribution is -0.109. The van der Waals surface area contributed by atoms with Crippen molar-refractivity contribution < 1.29 is 14.3 Å². The summed E-state index contributed by atoms with van der Waals surface area (Å²) in [5, 5.41) is -0.0889. The molecule has 5 nitrogen and oxygen atoms in total. The highest BCUT2D eigenvalue weighted by molar-refractivity contribution is 8.13. The molecule has 0 fully saturated rings. The summed E-state index contributed by atoms with van der Waals surface area (Å²) in [7, 11) is 1.31. The number of ether oxygens (including phenoxy) is 1. The summed E-state index contributed by atoms with van der Waals surface area (Å²) in [6.45, 7) is 10.3. The van der Waals surface area contributed by atoms with Gasteiger partial charge in [-0.2, -0.15) is 0 Å². The highest BCUT2D eigenvalue weighted by atomic mass is 32.2. The van der Waals surface area contributed by atoms with Crippen molar-refractivity contribution in [3.8, 4) is 0 Å². The predicted molar refractivity (Wildman–Crippen MR) is 85.0 cm³/mol. The number of aromatic nitrogens is 1. The van der Waals surface area contributed by atoms with E-state index in [1.54, 1.807) is 0 Å². The molecule has 0 spiro atoms. The Labute approximate surface area is 130 Å². The van der Waals surface area contributed by atoms with Crippen LogP contribution in [0.5, 0.6) is 0 Å². The number of pyridine rings is 1. The van der Waals surface area contributed by atoms with Gasteiger partial charge in [0.15, 0.2) is 10.8 Å². The highest BCUT2D eigenvalue weighted by Gasteiger charge is 2.22. The lowest BCUT2D eigenvalue weighted by Crippen LogP contribution is -2.31. The normalized spacial score (nSPS) is 10.6. The van der Waals surface area contributed by atoms with Gasteiger partial charge in [-0.3, -0.25) is 4.79 Å². The van der Waals surface area contributed by atoms with Crippen molar-refractivity contribution in [1.82, 2.24) is 4.98 Å².